The van der Waals surface area contributed by atoms with Crippen LogP contribution in [0.2, 0.25) is 0 Å². The minimum Gasteiger partial charge on any atom is -0.398 e. The van der Waals surface area contributed by atoms with Gasteiger partial charge >= 0.3 is 0 Å². The van der Waals surface area contributed by atoms with E-state index in [0.717, 1.165) is 5.56 Å². The molecular formula is C14H12BrFN2O2S. The summed E-state index contributed by atoms with van der Waals surface area (Å²) in [5, 5.41) is 0. The van der Waals surface area contributed by atoms with Crippen molar-refractivity contribution >= 4 is 37.3 Å². The first kappa shape index (κ1) is 14.3. The largest absolute Gasteiger partial charge is 0.398 e. The third kappa shape index (κ3) is 2.40. The fourth-order valence-corrected chi connectivity index (χ4v) is 4.42. The second-order valence-corrected chi connectivity index (χ2v) is 7.50. The lowest BCUT2D eigenvalue weighted by molar-refractivity contribution is 0.592. The number of hydrogen-bond acceptors (Lipinski definition) is 3. The second-order valence-electron chi connectivity index (χ2n) is 4.78. The highest BCUT2D eigenvalue weighted by Crippen LogP contribution is 2.34. The third-order valence-electron chi connectivity index (χ3n) is 3.46. The van der Waals surface area contributed by atoms with E-state index in [1.807, 2.05) is 0 Å². The monoisotopic (exact) mass is 370 g/mol. The van der Waals surface area contributed by atoms with Crippen LogP contribution in [0.25, 0.3) is 0 Å². The molecule has 2 N–H and O–H groups in total. The highest BCUT2D eigenvalue weighted by atomic mass is 79.9. The average molecular weight is 371 g/mol. The van der Waals surface area contributed by atoms with Crippen LogP contribution >= 0.6 is 15.9 Å². The normalized spacial score (nSPS) is 14.3. The molecule has 2 aromatic carbocycles. The molecule has 1 heterocycles. The Balaban J connectivity index is 2.09. The molecule has 0 aromatic heterocycles. The number of nitrogen functional groups attached to an aromatic ring is 1. The molecule has 0 saturated heterocycles. The van der Waals surface area contributed by atoms with Crippen LogP contribution in [0.3, 0.4) is 0 Å². The summed E-state index contributed by atoms with van der Waals surface area (Å²) in [6.45, 7) is 0.309. The molecule has 0 unspecified atom stereocenters. The number of rotatable bonds is 2. The molecule has 4 nitrogen and oxygen atoms in total. The number of halogens is 2. The zero-order chi connectivity index (χ0) is 15.2. The Morgan fingerprint density at radius 2 is 1.95 bits per heavy atom. The molecular weight excluding hydrogens is 359 g/mol. The van der Waals surface area contributed by atoms with E-state index >= 15 is 0 Å². The molecule has 21 heavy (non-hydrogen) atoms. The van der Waals surface area contributed by atoms with Crippen molar-refractivity contribution in [1.29, 1.82) is 0 Å². The van der Waals surface area contributed by atoms with Gasteiger partial charge in [-0.15, -0.1) is 0 Å². The van der Waals surface area contributed by atoms with Crippen molar-refractivity contribution < 1.29 is 12.8 Å². The van der Waals surface area contributed by atoms with E-state index in [1.165, 1.54) is 34.6 Å². The fourth-order valence-electron chi connectivity index (χ4n) is 2.37. The Hall–Kier alpha value is -1.60. The molecule has 0 bridgehead atoms. The van der Waals surface area contributed by atoms with Crippen LogP contribution in [0.1, 0.15) is 5.56 Å². The van der Waals surface area contributed by atoms with Gasteiger partial charge < -0.3 is 5.73 Å². The Morgan fingerprint density at radius 3 is 2.67 bits per heavy atom. The van der Waals surface area contributed by atoms with E-state index in [9.17, 15) is 12.8 Å². The maximum Gasteiger partial charge on any atom is 0.264 e. The summed E-state index contributed by atoms with van der Waals surface area (Å²) in [6, 6.07) is 8.66. The Labute approximate surface area is 130 Å². The quantitative estimate of drug-likeness (QED) is 0.826. The topological polar surface area (TPSA) is 63.4 Å². The predicted molar refractivity (Wildman–Crippen MR) is 83.2 cm³/mol. The number of nitrogens with zero attached hydrogens (tertiary/aromatic N) is 1. The van der Waals surface area contributed by atoms with Gasteiger partial charge in [-0.1, -0.05) is 6.07 Å². The summed E-state index contributed by atoms with van der Waals surface area (Å²) in [5.74, 6) is -0.450. The molecule has 0 spiro atoms. The highest BCUT2D eigenvalue weighted by molar-refractivity contribution is 9.10. The maximum absolute atomic E-state index is 13.4. The minimum absolute atomic E-state index is 0.126. The lowest BCUT2D eigenvalue weighted by Crippen LogP contribution is -2.29. The van der Waals surface area contributed by atoms with E-state index in [2.05, 4.69) is 15.9 Å². The summed E-state index contributed by atoms with van der Waals surface area (Å²) in [4.78, 5) is 0.126. The molecule has 0 radical (unpaired) electrons. The lowest BCUT2D eigenvalue weighted by atomic mass is 10.2. The standard InChI is InChI=1S/C14H12BrFN2O2S/c15-12-8-11(3-4-13(12)17)21(19,20)18-6-5-9-1-2-10(16)7-14(9)18/h1-4,7-8H,5-6,17H2. The number of fused-ring (bicyclic) bond motifs is 1. The fraction of sp³-hybridized carbons (Fsp3) is 0.143. The van der Waals surface area contributed by atoms with Crippen LogP contribution in [0.5, 0.6) is 0 Å². The molecule has 1 aliphatic heterocycles. The number of hydrogen-bond donors (Lipinski definition) is 1. The molecule has 0 saturated carbocycles. The lowest BCUT2D eigenvalue weighted by Gasteiger charge is -2.20. The summed E-state index contributed by atoms with van der Waals surface area (Å²) < 4.78 is 40.6. The van der Waals surface area contributed by atoms with Crippen molar-refractivity contribution in [3.05, 3.63) is 52.3 Å². The first-order chi connectivity index (χ1) is 9.89. The van der Waals surface area contributed by atoms with Crippen molar-refractivity contribution in [1.82, 2.24) is 0 Å². The molecule has 0 fully saturated rings. The first-order valence-corrected chi connectivity index (χ1v) is 8.49. The van der Waals surface area contributed by atoms with Gasteiger partial charge in [0.05, 0.1) is 10.6 Å². The number of anilines is 2. The highest BCUT2D eigenvalue weighted by Gasteiger charge is 2.31. The molecule has 0 aliphatic carbocycles. The summed E-state index contributed by atoms with van der Waals surface area (Å²) in [6.07, 6.45) is 0.574. The summed E-state index contributed by atoms with van der Waals surface area (Å²) in [7, 11) is -3.73. The van der Waals surface area contributed by atoms with Crippen molar-refractivity contribution in [2.75, 3.05) is 16.6 Å². The van der Waals surface area contributed by atoms with Crippen LogP contribution in [0.4, 0.5) is 15.8 Å². The zero-order valence-electron chi connectivity index (χ0n) is 10.9. The molecule has 2 aromatic rings. The smallest absolute Gasteiger partial charge is 0.264 e. The third-order valence-corrected chi connectivity index (χ3v) is 5.96. The van der Waals surface area contributed by atoms with E-state index in [-0.39, 0.29) is 4.90 Å². The van der Waals surface area contributed by atoms with Gasteiger partial charge in [-0.25, -0.2) is 12.8 Å². The van der Waals surface area contributed by atoms with Crippen molar-refractivity contribution in [2.45, 2.75) is 11.3 Å². The van der Waals surface area contributed by atoms with Gasteiger partial charge in [0.2, 0.25) is 0 Å². The van der Waals surface area contributed by atoms with Crippen molar-refractivity contribution in [3.63, 3.8) is 0 Å². The van der Waals surface area contributed by atoms with E-state index in [1.54, 1.807) is 6.07 Å². The van der Waals surface area contributed by atoms with Crippen LogP contribution in [0, 0.1) is 5.82 Å². The van der Waals surface area contributed by atoms with E-state index in [0.29, 0.717) is 28.8 Å². The van der Waals surface area contributed by atoms with Gasteiger partial charge in [0.1, 0.15) is 5.82 Å². The van der Waals surface area contributed by atoms with Gasteiger partial charge in [-0.2, -0.15) is 0 Å². The molecule has 3 rings (SSSR count). The summed E-state index contributed by atoms with van der Waals surface area (Å²) >= 11 is 3.22. The second kappa shape index (κ2) is 4.99. The predicted octanol–water partition coefficient (Wildman–Crippen LogP) is 2.92. The van der Waals surface area contributed by atoms with Crippen LogP contribution in [-0.2, 0) is 16.4 Å². The Morgan fingerprint density at radius 1 is 1.19 bits per heavy atom. The molecule has 1 aliphatic rings. The first-order valence-electron chi connectivity index (χ1n) is 6.26. The van der Waals surface area contributed by atoms with Gasteiger partial charge in [0, 0.05) is 16.7 Å². The van der Waals surface area contributed by atoms with E-state index < -0.39 is 15.8 Å². The Kier molecular flexibility index (Phi) is 3.41. The molecule has 110 valence electrons. The number of benzene rings is 2. The minimum atomic E-state index is -3.73. The van der Waals surface area contributed by atoms with Gasteiger partial charge in [0.15, 0.2) is 0 Å². The van der Waals surface area contributed by atoms with Crippen molar-refractivity contribution in [3.8, 4) is 0 Å². The van der Waals surface area contributed by atoms with Crippen LogP contribution in [-0.4, -0.2) is 15.0 Å². The zero-order valence-corrected chi connectivity index (χ0v) is 13.3. The van der Waals surface area contributed by atoms with Gasteiger partial charge in [0.25, 0.3) is 10.0 Å². The van der Waals surface area contributed by atoms with E-state index in [4.69, 9.17) is 5.73 Å². The molecule has 7 heteroatoms. The van der Waals surface area contributed by atoms with Crippen LogP contribution in [0.15, 0.2) is 45.8 Å². The number of sulfonamides is 1. The molecule has 0 amide bonds. The number of nitrogens with two attached hydrogens (primary N) is 1. The molecule has 0 atom stereocenters. The Bertz CT molecular complexity index is 824. The van der Waals surface area contributed by atoms with Crippen molar-refractivity contribution in [2.24, 2.45) is 0 Å². The van der Waals surface area contributed by atoms with Gasteiger partial charge in [-0.3, -0.25) is 4.31 Å². The van der Waals surface area contributed by atoms with Crippen LogP contribution < -0.4 is 10.0 Å². The maximum atomic E-state index is 13.4. The summed E-state index contributed by atoms with van der Waals surface area (Å²) in [5.41, 5.74) is 7.37. The average Bonchev–Trinajstić information content (AvgIpc) is 2.85. The van der Waals surface area contributed by atoms with Gasteiger partial charge in [-0.05, 0) is 58.2 Å². The SMILES string of the molecule is Nc1ccc(S(=O)(=O)N2CCc3ccc(F)cc32)cc1Br.